The highest BCUT2D eigenvalue weighted by molar-refractivity contribution is 6.28. The largest absolute Gasteiger partial charge is 0.460 e. The van der Waals surface area contributed by atoms with E-state index in [-0.39, 0.29) is 30.9 Å². The third-order valence-electron chi connectivity index (χ3n) is 4.30. The fraction of sp³-hybridized carbons (Fsp3) is 0.318. The quantitative estimate of drug-likeness (QED) is 0.487. The predicted molar refractivity (Wildman–Crippen MR) is 111 cm³/mol. The Bertz CT molecular complexity index is 1060. The number of ether oxygens (including phenoxy) is 1. The summed E-state index contributed by atoms with van der Waals surface area (Å²) in [4.78, 5) is 20.8. The van der Waals surface area contributed by atoms with Gasteiger partial charge in [-0.2, -0.15) is 0 Å². The molecule has 0 spiro atoms. The number of carbonyl (C=O) groups is 1. The van der Waals surface area contributed by atoms with E-state index in [0.717, 1.165) is 11.1 Å². The molecule has 0 radical (unpaired) electrons. The van der Waals surface area contributed by atoms with Gasteiger partial charge in [0.15, 0.2) is 0 Å². The van der Waals surface area contributed by atoms with Gasteiger partial charge in [0.1, 0.15) is 5.60 Å². The van der Waals surface area contributed by atoms with Crippen molar-refractivity contribution in [2.24, 2.45) is 0 Å². The first-order valence-corrected chi connectivity index (χ1v) is 9.60. The van der Waals surface area contributed by atoms with Gasteiger partial charge >= 0.3 is 5.97 Å². The van der Waals surface area contributed by atoms with Crippen molar-refractivity contribution in [2.45, 2.75) is 46.0 Å². The van der Waals surface area contributed by atoms with Gasteiger partial charge in [-0.15, -0.1) is 0 Å². The second kappa shape index (κ2) is 8.45. The standard InChI is InChI=1S/C22H23ClN2O4/c1-22(2,3)29-19(28)8-13-5-4-6-14(7-13)20-17-9-15(11-26)16(12-27)10-18(17)24-21(23)25-20/h4-7,9-10,26-27H,8,11-12H2,1-3H3. The molecule has 6 nitrogen and oxygen atoms in total. The summed E-state index contributed by atoms with van der Waals surface area (Å²) in [5, 5.41) is 19.9. The Balaban J connectivity index is 2.05. The number of aliphatic hydroxyl groups excluding tert-OH is 2. The molecule has 0 atom stereocenters. The lowest BCUT2D eigenvalue weighted by atomic mass is 9.99. The number of benzene rings is 2. The van der Waals surface area contributed by atoms with E-state index in [4.69, 9.17) is 16.3 Å². The Morgan fingerprint density at radius 3 is 2.41 bits per heavy atom. The number of esters is 1. The number of nitrogens with zero attached hydrogens (tertiary/aromatic N) is 2. The van der Waals surface area contributed by atoms with Gasteiger partial charge < -0.3 is 14.9 Å². The lowest BCUT2D eigenvalue weighted by Crippen LogP contribution is -2.24. The van der Waals surface area contributed by atoms with Crippen LogP contribution in [0.2, 0.25) is 5.28 Å². The molecule has 0 aliphatic heterocycles. The summed E-state index contributed by atoms with van der Waals surface area (Å²) >= 11 is 6.13. The summed E-state index contributed by atoms with van der Waals surface area (Å²) in [5.41, 5.74) is 3.34. The van der Waals surface area contributed by atoms with Gasteiger partial charge in [-0.05, 0) is 67.3 Å². The van der Waals surface area contributed by atoms with E-state index < -0.39 is 5.60 Å². The van der Waals surface area contributed by atoms with Crippen LogP contribution in [0.4, 0.5) is 0 Å². The van der Waals surface area contributed by atoms with Gasteiger partial charge in [0.05, 0.1) is 30.8 Å². The third kappa shape index (κ3) is 5.09. The zero-order valence-electron chi connectivity index (χ0n) is 16.6. The number of carbonyl (C=O) groups excluding carboxylic acids is 1. The maximum absolute atomic E-state index is 12.2. The van der Waals surface area contributed by atoms with Gasteiger partial charge in [0.25, 0.3) is 0 Å². The molecule has 1 aromatic heterocycles. The van der Waals surface area contributed by atoms with Gasteiger partial charge in [0.2, 0.25) is 5.28 Å². The zero-order valence-corrected chi connectivity index (χ0v) is 17.3. The van der Waals surface area contributed by atoms with Crippen LogP contribution >= 0.6 is 11.6 Å². The number of hydrogen-bond acceptors (Lipinski definition) is 6. The zero-order chi connectivity index (χ0) is 21.2. The summed E-state index contributed by atoms with van der Waals surface area (Å²) in [7, 11) is 0. The second-order valence-electron chi connectivity index (χ2n) is 7.76. The van der Waals surface area contributed by atoms with Crippen molar-refractivity contribution in [1.29, 1.82) is 0 Å². The van der Waals surface area contributed by atoms with Crippen LogP contribution in [0.3, 0.4) is 0 Å². The Labute approximate surface area is 174 Å². The minimum atomic E-state index is -0.545. The van der Waals surface area contributed by atoms with Crippen LogP contribution in [0.15, 0.2) is 36.4 Å². The Morgan fingerprint density at radius 2 is 1.76 bits per heavy atom. The van der Waals surface area contributed by atoms with Crippen molar-refractivity contribution in [3.05, 3.63) is 58.4 Å². The first-order chi connectivity index (χ1) is 13.7. The SMILES string of the molecule is CC(C)(C)OC(=O)Cc1cccc(-c2nc(Cl)nc3cc(CO)c(CO)cc23)c1. The second-order valence-corrected chi connectivity index (χ2v) is 8.10. The van der Waals surface area contributed by atoms with E-state index in [1.54, 1.807) is 12.1 Å². The van der Waals surface area contributed by atoms with Crippen molar-refractivity contribution >= 4 is 28.5 Å². The maximum Gasteiger partial charge on any atom is 0.310 e. The van der Waals surface area contributed by atoms with Gasteiger partial charge in [-0.3, -0.25) is 4.79 Å². The molecule has 0 bridgehead atoms. The minimum absolute atomic E-state index is 0.0747. The number of rotatable bonds is 5. The van der Waals surface area contributed by atoms with Gasteiger partial charge in [-0.25, -0.2) is 9.97 Å². The minimum Gasteiger partial charge on any atom is -0.460 e. The highest BCUT2D eigenvalue weighted by atomic mass is 35.5. The van der Waals surface area contributed by atoms with E-state index >= 15 is 0 Å². The molecule has 3 aromatic rings. The van der Waals surface area contributed by atoms with Crippen LogP contribution in [0, 0.1) is 0 Å². The number of halogens is 1. The number of hydrogen-bond donors (Lipinski definition) is 2. The molecule has 2 aromatic carbocycles. The van der Waals surface area contributed by atoms with Crippen molar-refractivity contribution in [3.8, 4) is 11.3 Å². The molecule has 3 rings (SSSR count). The molecule has 29 heavy (non-hydrogen) atoms. The summed E-state index contributed by atoms with van der Waals surface area (Å²) in [6.45, 7) is 5.06. The highest BCUT2D eigenvalue weighted by Crippen LogP contribution is 2.30. The number of aromatic nitrogens is 2. The summed E-state index contributed by atoms with van der Waals surface area (Å²) in [5.74, 6) is -0.310. The number of aliphatic hydroxyl groups is 2. The van der Waals surface area contributed by atoms with Crippen LogP contribution in [-0.2, 0) is 29.2 Å². The van der Waals surface area contributed by atoms with Crippen LogP contribution in [0.1, 0.15) is 37.5 Å². The summed E-state index contributed by atoms with van der Waals surface area (Å²) in [6, 6.07) is 10.9. The third-order valence-corrected chi connectivity index (χ3v) is 4.47. The molecule has 7 heteroatoms. The molecule has 2 N–H and O–H groups in total. The van der Waals surface area contributed by atoms with Crippen LogP contribution in [-0.4, -0.2) is 31.8 Å². The summed E-state index contributed by atoms with van der Waals surface area (Å²) in [6.07, 6.45) is 0.137. The highest BCUT2D eigenvalue weighted by Gasteiger charge is 2.17. The average molecular weight is 415 g/mol. The molecule has 152 valence electrons. The normalized spacial score (nSPS) is 11.7. The lowest BCUT2D eigenvalue weighted by molar-refractivity contribution is -0.153. The average Bonchev–Trinajstić information content (AvgIpc) is 2.64. The summed E-state index contributed by atoms with van der Waals surface area (Å²) < 4.78 is 5.40. The van der Waals surface area contributed by atoms with Gasteiger partial charge in [-0.1, -0.05) is 18.2 Å². The Hall–Kier alpha value is -2.54. The first kappa shape index (κ1) is 21.2. The Kier molecular flexibility index (Phi) is 6.17. The lowest BCUT2D eigenvalue weighted by Gasteiger charge is -2.19. The van der Waals surface area contributed by atoms with Crippen LogP contribution in [0.25, 0.3) is 22.2 Å². The maximum atomic E-state index is 12.2. The fourth-order valence-electron chi connectivity index (χ4n) is 3.12. The van der Waals surface area contributed by atoms with Crippen LogP contribution in [0.5, 0.6) is 0 Å². The molecule has 0 saturated heterocycles. The molecule has 0 unspecified atom stereocenters. The number of fused-ring (bicyclic) bond motifs is 1. The topological polar surface area (TPSA) is 92.5 Å². The van der Waals surface area contributed by atoms with Crippen molar-refractivity contribution < 1.29 is 19.7 Å². The molecule has 1 heterocycles. The van der Waals surface area contributed by atoms with Crippen molar-refractivity contribution in [2.75, 3.05) is 0 Å². The van der Waals surface area contributed by atoms with E-state index in [1.165, 1.54) is 0 Å². The molecule has 0 aliphatic carbocycles. The smallest absolute Gasteiger partial charge is 0.310 e. The molecule has 0 fully saturated rings. The van der Waals surface area contributed by atoms with Crippen molar-refractivity contribution in [3.63, 3.8) is 0 Å². The van der Waals surface area contributed by atoms with E-state index in [9.17, 15) is 15.0 Å². The van der Waals surface area contributed by atoms with Crippen molar-refractivity contribution in [1.82, 2.24) is 9.97 Å². The fourth-order valence-corrected chi connectivity index (χ4v) is 3.30. The monoisotopic (exact) mass is 414 g/mol. The van der Waals surface area contributed by atoms with E-state index in [1.807, 2.05) is 45.0 Å². The molecular formula is C22H23ClN2O4. The molecule has 0 aliphatic rings. The molecule has 0 amide bonds. The first-order valence-electron chi connectivity index (χ1n) is 9.22. The molecular weight excluding hydrogens is 392 g/mol. The Morgan fingerprint density at radius 1 is 1.07 bits per heavy atom. The van der Waals surface area contributed by atoms with Gasteiger partial charge in [0, 0.05) is 10.9 Å². The van der Waals surface area contributed by atoms with E-state index in [0.29, 0.717) is 27.7 Å². The van der Waals surface area contributed by atoms with E-state index in [2.05, 4.69) is 9.97 Å². The predicted octanol–water partition coefficient (Wildman–Crippen LogP) is 3.82. The molecule has 0 saturated carbocycles. The van der Waals surface area contributed by atoms with Crippen LogP contribution < -0.4 is 0 Å².